The molecule has 1 atom stereocenters. The number of carbonyl (C=O) groups excluding carboxylic acids is 1. The lowest BCUT2D eigenvalue weighted by Gasteiger charge is -2.14. The minimum atomic E-state index is -1.00. The van der Waals surface area contributed by atoms with Crippen molar-refractivity contribution in [2.24, 2.45) is 5.41 Å². The van der Waals surface area contributed by atoms with E-state index in [1.54, 1.807) is 19.1 Å². The quantitative estimate of drug-likeness (QED) is 0.732. The largest absolute Gasteiger partial charge is 0.325 e. The molecular formula is C18H19Cl3N4O. The number of amides is 1. The molecular weight excluding hydrogens is 395 g/mol. The number of rotatable bonds is 3. The highest BCUT2D eigenvalue weighted by molar-refractivity contribution is 6.53. The number of halogens is 3. The molecule has 1 aromatic heterocycles. The van der Waals surface area contributed by atoms with Gasteiger partial charge in [-0.25, -0.2) is 0 Å². The zero-order chi connectivity index (χ0) is 18.5. The Balaban J connectivity index is 1.64. The summed E-state index contributed by atoms with van der Waals surface area (Å²) < 4.78 is 1.13. The van der Waals surface area contributed by atoms with Crippen molar-refractivity contribution in [1.82, 2.24) is 14.8 Å². The molecule has 26 heavy (non-hydrogen) atoms. The molecule has 0 bridgehead atoms. The summed E-state index contributed by atoms with van der Waals surface area (Å²) in [5, 5.41) is 12.1. The van der Waals surface area contributed by atoms with Gasteiger partial charge in [-0.1, -0.05) is 18.0 Å². The molecule has 5 nitrogen and oxygen atoms in total. The van der Waals surface area contributed by atoms with E-state index in [-0.39, 0.29) is 5.91 Å². The summed E-state index contributed by atoms with van der Waals surface area (Å²) in [6.07, 6.45) is 4.76. The van der Waals surface area contributed by atoms with Crippen LogP contribution < -0.4 is 5.32 Å². The number of hydrogen-bond acceptors (Lipinski definition) is 3. The summed E-state index contributed by atoms with van der Waals surface area (Å²) in [6, 6.07) is 5.35. The summed E-state index contributed by atoms with van der Waals surface area (Å²) in [4.78, 5) is 12.5. The number of benzene rings is 1. The standard InChI is InChI=1S/C18H19Cl3N4O/c1-17(10-18(17,20)21)16(26)22-11-6-7-13(19)12(9-11)15-24-23-14-5-3-2-4-8-25(14)15/h6-7,9H,2-5,8,10H2,1H3,(H,22,26). The maximum Gasteiger partial charge on any atom is 0.233 e. The minimum Gasteiger partial charge on any atom is -0.325 e. The number of nitrogens with one attached hydrogen (secondary N) is 1. The number of aryl methyl sites for hydroxylation is 1. The lowest BCUT2D eigenvalue weighted by molar-refractivity contribution is -0.120. The highest BCUT2D eigenvalue weighted by atomic mass is 35.5. The maximum atomic E-state index is 12.5. The predicted molar refractivity (Wildman–Crippen MR) is 104 cm³/mol. The van der Waals surface area contributed by atoms with Crippen molar-refractivity contribution in [3.8, 4) is 11.4 Å². The Bertz CT molecular complexity index is 879. The predicted octanol–water partition coefficient (Wildman–Crippen LogP) is 4.85. The molecule has 138 valence electrons. The molecule has 8 heteroatoms. The number of nitrogens with zero attached hydrogens (tertiary/aromatic N) is 3. The number of carbonyl (C=O) groups is 1. The second-order valence-electron chi connectivity index (χ2n) is 7.26. The average molecular weight is 414 g/mol. The first-order chi connectivity index (χ1) is 12.3. The van der Waals surface area contributed by atoms with Crippen LogP contribution in [0.1, 0.15) is 38.4 Å². The lowest BCUT2D eigenvalue weighted by atomic mass is 10.1. The normalized spacial score (nSPS) is 23.8. The number of hydrogen-bond donors (Lipinski definition) is 1. The van der Waals surface area contributed by atoms with Gasteiger partial charge in [-0.05, 0) is 44.4 Å². The van der Waals surface area contributed by atoms with Crippen molar-refractivity contribution >= 4 is 46.4 Å². The van der Waals surface area contributed by atoms with E-state index < -0.39 is 9.75 Å². The van der Waals surface area contributed by atoms with Crippen molar-refractivity contribution in [3.63, 3.8) is 0 Å². The van der Waals surface area contributed by atoms with Crippen molar-refractivity contribution < 1.29 is 4.79 Å². The topological polar surface area (TPSA) is 59.8 Å². The van der Waals surface area contributed by atoms with Gasteiger partial charge in [-0.3, -0.25) is 4.79 Å². The minimum absolute atomic E-state index is 0.198. The molecule has 0 spiro atoms. The van der Waals surface area contributed by atoms with Crippen LogP contribution in [0.5, 0.6) is 0 Å². The van der Waals surface area contributed by atoms with Crippen LogP contribution in [0.2, 0.25) is 5.02 Å². The van der Waals surface area contributed by atoms with Gasteiger partial charge >= 0.3 is 0 Å². The van der Waals surface area contributed by atoms with Gasteiger partial charge in [-0.2, -0.15) is 0 Å². The molecule has 1 N–H and O–H groups in total. The zero-order valence-corrected chi connectivity index (χ0v) is 16.6. The van der Waals surface area contributed by atoms with Gasteiger partial charge in [-0.15, -0.1) is 33.4 Å². The van der Waals surface area contributed by atoms with Crippen molar-refractivity contribution in [3.05, 3.63) is 29.0 Å². The SMILES string of the molecule is CC1(C(=O)Nc2ccc(Cl)c(-c3nnc4n3CCCCC4)c2)CC1(Cl)Cl. The first kappa shape index (κ1) is 18.1. The van der Waals surface area contributed by atoms with E-state index in [0.29, 0.717) is 17.1 Å². The van der Waals surface area contributed by atoms with E-state index >= 15 is 0 Å². The molecule has 2 heterocycles. The van der Waals surface area contributed by atoms with Crippen molar-refractivity contribution in [1.29, 1.82) is 0 Å². The average Bonchev–Trinajstić information content (AvgIpc) is 3.02. The van der Waals surface area contributed by atoms with Crippen LogP contribution in [0.15, 0.2) is 18.2 Å². The van der Waals surface area contributed by atoms with Gasteiger partial charge in [0.2, 0.25) is 5.91 Å². The summed E-state index contributed by atoms with van der Waals surface area (Å²) >= 11 is 18.6. The fraction of sp³-hybridized carbons (Fsp3) is 0.500. The van der Waals surface area contributed by atoms with Crippen LogP contribution in [0.3, 0.4) is 0 Å². The summed E-state index contributed by atoms with van der Waals surface area (Å²) in [6.45, 7) is 2.64. The molecule has 0 radical (unpaired) electrons. The molecule has 0 saturated heterocycles. The maximum absolute atomic E-state index is 12.5. The first-order valence-corrected chi connectivity index (χ1v) is 9.86. The molecule has 2 aromatic rings. The fourth-order valence-corrected chi connectivity index (χ4v) is 4.28. The van der Waals surface area contributed by atoms with E-state index in [9.17, 15) is 4.79 Å². The highest BCUT2D eigenvalue weighted by Gasteiger charge is 2.67. The molecule has 1 fully saturated rings. The second kappa shape index (κ2) is 6.39. The van der Waals surface area contributed by atoms with Gasteiger partial charge in [0.15, 0.2) is 5.82 Å². The Labute approximate surface area is 167 Å². The Kier molecular flexibility index (Phi) is 4.45. The molecule has 2 aliphatic rings. The smallest absolute Gasteiger partial charge is 0.233 e. The Morgan fingerprint density at radius 2 is 2.00 bits per heavy atom. The van der Waals surface area contributed by atoms with E-state index in [4.69, 9.17) is 34.8 Å². The Morgan fingerprint density at radius 3 is 2.73 bits per heavy atom. The number of alkyl halides is 2. The third kappa shape index (κ3) is 3.00. The van der Waals surface area contributed by atoms with E-state index in [1.165, 1.54) is 6.42 Å². The Morgan fingerprint density at radius 1 is 1.23 bits per heavy atom. The van der Waals surface area contributed by atoms with Gasteiger partial charge < -0.3 is 9.88 Å². The van der Waals surface area contributed by atoms with E-state index in [2.05, 4.69) is 20.1 Å². The summed E-state index contributed by atoms with van der Waals surface area (Å²) in [7, 11) is 0. The highest BCUT2D eigenvalue weighted by Crippen LogP contribution is 2.64. The van der Waals surface area contributed by atoms with Crippen LogP contribution in [-0.2, 0) is 17.8 Å². The van der Waals surface area contributed by atoms with Gasteiger partial charge in [0.1, 0.15) is 10.2 Å². The molecule has 1 amide bonds. The third-order valence-corrected chi connectivity index (χ3v) is 6.76. The van der Waals surface area contributed by atoms with E-state index in [1.807, 2.05) is 6.07 Å². The zero-order valence-electron chi connectivity index (χ0n) is 14.4. The van der Waals surface area contributed by atoms with Gasteiger partial charge in [0.25, 0.3) is 0 Å². The molecule has 1 aliphatic heterocycles. The lowest BCUT2D eigenvalue weighted by Crippen LogP contribution is -2.25. The summed E-state index contributed by atoms with van der Waals surface area (Å²) in [5.74, 6) is 1.53. The molecule has 1 saturated carbocycles. The fourth-order valence-electron chi connectivity index (χ4n) is 3.37. The first-order valence-electron chi connectivity index (χ1n) is 8.73. The van der Waals surface area contributed by atoms with Crippen molar-refractivity contribution in [2.45, 2.75) is 49.9 Å². The third-order valence-electron chi connectivity index (χ3n) is 5.33. The second-order valence-corrected chi connectivity index (χ2v) is 9.16. The van der Waals surface area contributed by atoms with Crippen molar-refractivity contribution in [2.75, 3.05) is 5.32 Å². The van der Waals surface area contributed by atoms with Gasteiger partial charge in [0, 0.05) is 24.2 Å². The number of aromatic nitrogens is 3. The molecule has 1 aliphatic carbocycles. The van der Waals surface area contributed by atoms with Crippen LogP contribution in [0.4, 0.5) is 5.69 Å². The number of anilines is 1. The van der Waals surface area contributed by atoms with Crippen LogP contribution in [-0.4, -0.2) is 25.0 Å². The molecule has 1 unspecified atom stereocenters. The molecule has 4 rings (SSSR count). The van der Waals surface area contributed by atoms with Crippen LogP contribution in [0.25, 0.3) is 11.4 Å². The van der Waals surface area contributed by atoms with Gasteiger partial charge in [0.05, 0.1) is 10.4 Å². The number of fused-ring (bicyclic) bond motifs is 1. The molecule has 1 aromatic carbocycles. The van der Waals surface area contributed by atoms with Crippen LogP contribution >= 0.6 is 34.8 Å². The van der Waals surface area contributed by atoms with Crippen LogP contribution in [0, 0.1) is 5.41 Å². The Hall–Kier alpha value is -1.30. The monoisotopic (exact) mass is 412 g/mol. The summed E-state index contributed by atoms with van der Waals surface area (Å²) in [5.41, 5.74) is 0.619. The van der Waals surface area contributed by atoms with E-state index in [0.717, 1.165) is 43.0 Å².